The predicted octanol–water partition coefficient (Wildman–Crippen LogP) is 0.842. The number of H-pyrrole nitrogens is 1. The third-order valence-electron chi connectivity index (χ3n) is 1.40. The van der Waals surface area contributed by atoms with Crippen LogP contribution in [0.5, 0.6) is 0 Å². The Morgan fingerprint density at radius 3 is 3.09 bits per heavy atom. The molecule has 0 radical (unpaired) electrons. The summed E-state index contributed by atoms with van der Waals surface area (Å²) in [5.41, 5.74) is 7.42. The second-order valence-corrected chi connectivity index (χ2v) is 2.37. The van der Waals surface area contributed by atoms with E-state index >= 15 is 0 Å². The molecule has 3 heteroatoms. The van der Waals surface area contributed by atoms with Crippen LogP contribution in [0.15, 0.2) is 24.5 Å². The largest absolute Gasteiger partial charge is 0.402 e. The van der Waals surface area contributed by atoms with Crippen molar-refractivity contribution in [3.63, 3.8) is 0 Å². The number of aromatic nitrogens is 1. The number of rotatable bonds is 3. The number of nitrogens with one attached hydrogen (secondary N) is 1. The minimum atomic E-state index is 0.553. The van der Waals surface area contributed by atoms with E-state index in [4.69, 9.17) is 5.73 Å². The molecule has 0 bridgehead atoms. The van der Waals surface area contributed by atoms with E-state index in [0.717, 1.165) is 11.8 Å². The van der Waals surface area contributed by atoms with Crippen LogP contribution in [0.25, 0.3) is 0 Å². The molecule has 0 spiro atoms. The van der Waals surface area contributed by atoms with Crippen LogP contribution in [0, 0.1) is 0 Å². The van der Waals surface area contributed by atoms with Gasteiger partial charge in [0.1, 0.15) is 0 Å². The van der Waals surface area contributed by atoms with Gasteiger partial charge < -0.3 is 10.7 Å². The lowest BCUT2D eigenvalue weighted by Crippen LogP contribution is -2.00. The van der Waals surface area contributed by atoms with E-state index in [1.165, 1.54) is 0 Å². The molecule has 0 aromatic carbocycles. The van der Waals surface area contributed by atoms with Crippen molar-refractivity contribution in [1.82, 2.24) is 4.98 Å². The average Bonchev–Trinajstić information content (AvgIpc) is 2.34. The highest BCUT2D eigenvalue weighted by Crippen LogP contribution is 2.06. The third kappa shape index (κ3) is 1.70. The fourth-order valence-corrected chi connectivity index (χ4v) is 0.923. The molecule has 0 aliphatic heterocycles. The second kappa shape index (κ2) is 3.05. The van der Waals surface area contributed by atoms with Crippen LogP contribution in [0.3, 0.4) is 0 Å². The van der Waals surface area contributed by atoms with Crippen LogP contribution in [0.1, 0.15) is 16.1 Å². The summed E-state index contributed by atoms with van der Waals surface area (Å²) in [6, 6.07) is 1.82. The summed E-state index contributed by atoms with van der Waals surface area (Å²) < 4.78 is 0. The normalized spacial score (nSPS) is 9.45. The highest BCUT2D eigenvalue weighted by atomic mass is 16.1. The topological polar surface area (TPSA) is 58.9 Å². The van der Waals surface area contributed by atoms with Gasteiger partial charge in [-0.15, -0.1) is 0 Å². The van der Waals surface area contributed by atoms with Gasteiger partial charge in [-0.25, -0.2) is 0 Å². The Morgan fingerprint density at radius 2 is 2.55 bits per heavy atom. The Balaban J connectivity index is 2.84. The average molecular weight is 150 g/mol. The number of carbonyl (C=O) groups is 1. The summed E-state index contributed by atoms with van der Waals surface area (Å²) in [4.78, 5) is 13.2. The summed E-state index contributed by atoms with van der Waals surface area (Å²) in [5.74, 6) is 0. The zero-order chi connectivity index (χ0) is 8.27. The molecule has 1 aromatic heterocycles. The standard InChI is InChI=1S/C8H10N2O/c1-6(9)4-7-2-3-10-8(7)5-11/h2-3,5,10H,1,4,9H2. The summed E-state index contributed by atoms with van der Waals surface area (Å²) in [7, 11) is 0. The van der Waals surface area contributed by atoms with E-state index in [-0.39, 0.29) is 0 Å². The molecule has 0 saturated heterocycles. The van der Waals surface area contributed by atoms with Gasteiger partial charge in [-0.1, -0.05) is 6.58 Å². The van der Waals surface area contributed by atoms with Gasteiger partial charge in [0.05, 0.1) is 5.69 Å². The number of carbonyl (C=O) groups excluding carboxylic acids is 1. The molecule has 0 aliphatic rings. The van der Waals surface area contributed by atoms with Crippen LogP contribution in [-0.4, -0.2) is 11.3 Å². The van der Waals surface area contributed by atoms with Crippen LogP contribution in [0.2, 0.25) is 0 Å². The van der Waals surface area contributed by atoms with E-state index in [0.29, 0.717) is 17.8 Å². The number of allylic oxidation sites excluding steroid dienone is 1. The van der Waals surface area contributed by atoms with Crippen molar-refractivity contribution in [2.24, 2.45) is 5.73 Å². The third-order valence-corrected chi connectivity index (χ3v) is 1.40. The molecule has 3 N–H and O–H groups in total. The summed E-state index contributed by atoms with van der Waals surface area (Å²) in [6.45, 7) is 3.55. The van der Waals surface area contributed by atoms with Crippen LogP contribution >= 0.6 is 0 Å². The Bertz CT molecular complexity index is 275. The molecule has 11 heavy (non-hydrogen) atoms. The maximum absolute atomic E-state index is 10.4. The van der Waals surface area contributed by atoms with Gasteiger partial charge >= 0.3 is 0 Å². The molecule has 58 valence electrons. The summed E-state index contributed by atoms with van der Waals surface area (Å²) >= 11 is 0. The van der Waals surface area contributed by atoms with Gasteiger partial charge in [-0.05, 0) is 11.6 Å². The van der Waals surface area contributed by atoms with Gasteiger partial charge in [-0.3, -0.25) is 4.79 Å². The number of aldehydes is 1. The zero-order valence-corrected chi connectivity index (χ0v) is 6.13. The lowest BCUT2D eigenvalue weighted by Gasteiger charge is -1.96. The molecule has 1 heterocycles. The highest BCUT2D eigenvalue weighted by molar-refractivity contribution is 5.74. The second-order valence-electron chi connectivity index (χ2n) is 2.37. The van der Waals surface area contributed by atoms with Crippen LogP contribution in [0.4, 0.5) is 0 Å². The number of aromatic amines is 1. The molecule has 0 aliphatic carbocycles. The van der Waals surface area contributed by atoms with Crippen molar-refractivity contribution in [2.75, 3.05) is 0 Å². The van der Waals surface area contributed by atoms with Gasteiger partial charge in [0.15, 0.2) is 6.29 Å². The Morgan fingerprint density at radius 1 is 1.82 bits per heavy atom. The van der Waals surface area contributed by atoms with Crippen molar-refractivity contribution in [3.8, 4) is 0 Å². The fraction of sp³-hybridized carbons (Fsp3) is 0.125. The minimum absolute atomic E-state index is 0.553. The smallest absolute Gasteiger partial charge is 0.166 e. The maximum atomic E-state index is 10.4. The first kappa shape index (κ1) is 7.60. The fourth-order valence-electron chi connectivity index (χ4n) is 0.923. The van der Waals surface area contributed by atoms with E-state index in [1.807, 2.05) is 6.07 Å². The van der Waals surface area contributed by atoms with E-state index < -0.39 is 0 Å². The summed E-state index contributed by atoms with van der Waals surface area (Å²) in [5, 5.41) is 0. The monoisotopic (exact) mass is 150 g/mol. The highest BCUT2D eigenvalue weighted by Gasteiger charge is 2.01. The lowest BCUT2D eigenvalue weighted by atomic mass is 10.1. The predicted molar refractivity (Wildman–Crippen MR) is 43.2 cm³/mol. The summed E-state index contributed by atoms with van der Waals surface area (Å²) in [6.07, 6.45) is 3.04. The van der Waals surface area contributed by atoms with Gasteiger partial charge in [-0.2, -0.15) is 0 Å². The maximum Gasteiger partial charge on any atom is 0.166 e. The first-order valence-electron chi connectivity index (χ1n) is 3.28. The number of hydrogen-bond donors (Lipinski definition) is 2. The molecule has 3 nitrogen and oxygen atoms in total. The lowest BCUT2D eigenvalue weighted by molar-refractivity contribution is 0.111. The van der Waals surface area contributed by atoms with Crippen molar-refractivity contribution < 1.29 is 4.79 Å². The van der Waals surface area contributed by atoms with Crippen LogP contribution in [-0.2, 0) is 6.42 Å². The quantitative estimate of drug-likeness (QED) is 0.627. The van der Waals surface area contributed by atoms with Crippen molar-refractivity contribution in [1.29, 1.82) is 0 Å². The van der Waals surface area contributed by atoms with Crippen molar-refractivity contribution in [3.05, 3.63) is 35.8 Å². The van der Waals surface area contributed by atoms with Gasteiger partial charge in [0.25, 0.3) is 0 Å². The molecule has 1 aromatic rings. The van der Waals surface area contributed by atoms with Gasteiger partial charge in [0.2, 0.25) is 0 Å². The zero-order valence-electron chi connectivity index (χ0n) is 6.13. The Kier molecular flexibility index (Phi) is 2.11. The molecule has 0 amide bonds. The molecule has 0 fully saturated rings. The van der Waals surface area contributed by atoms with Gasteiger partial charge in [0, 0.05) is 18.3 Å². The Hall–Kier alpha value is -1.51. The minimum Gasteiger partial charge on any atom is -0.402 e. The first-order valence-corrected chi connectivity index (χ1v) is 3.28. The Labute approximate surface area is 64.9 Å². The van der Waals surface area contributed by atoms with E-state index in [1.54, 1.807) is 6.20 Å². The number of nitrogens with two attached hydrogens (primary N) is 1. The van der Waals surface area contributed by atoms with Crippen molar-refractivity contribution in [2.45, 2.75) is 6.42 Å². The molecule has 0 unspecified atom stereocenters. The van der Waals surface area contributed by atoms with E-state index in [9.17, 15) is 4.79 Å². The first-order chi connectivity index (χ1) is 5.24. The molecule has 0 atom stereocenters. The van der Waals surface area contributed by atoms with E-state index in [2.05, 4.69) is 11.6 Å². The SMILES string of the molecule is C=C(N)Cc1cc[nH]c1C=O. The molecule has 0 saturated carbocycles. The number of hydrogen-bond acceptors (Lipinski definition) is 2. The molecular formula is C8H10N2O. The van der Waals surface area contributed by atoms with Crippen LogP contribution < -0.4 is 5.73 Å². The molecular weight excluding hydrogens is 140 g/mol. The molecule has 1 rings (SSSR count). The van der Waals surface area contributed by atoms with Crippen molar-refractivity contribution >= 4 is 6.29 Å².